The van der Waals surface area contributed by atoms with E-state index >= 15 is 0 Å². The lowest BCUT2D eigenvalue weighted by Gasteiger charge is -2.02. The maximum Gasteiger partial charge on any atom is 0.0762 e. The van der Waals surface area contributed by atoms with Crippen molar-refractivity contribution in [3.8, 4) is 0 Å². The normalized spacial score (nSPS) is 10.7. The highest BCUT2D eigenvalue weighted by Gasteiger charge is 1.99. The van der Waals surface area contributed by atoms with Crippen LogP contribution < -0.4 is 5.32 Å². The minimum atomic E-state index is 0.840. The van der Waals surface area contributed by atoms with Crippen LogP contribution in [0.1, 0.15) is 23.7 Å². The molecule has 0 unspecified atom stereocenters. The summed E-state index contributed by atoms with van der Waals surface area (Å²) in [5, 5.41) is 7.79. The number of aromatic nitrogens is 2. The standard InChI is InChI=1S/C14H19N3/c1-3-15-10-14-8-9-17(16-14)11-13-6-4-12(2)5-7-13/h4-9,15H,3,10-11H2,1-2H3. The van der Waals surface area contributed by atoms with Gasteiger partial charge in [-0.15, -0.1) is 0 Å². The Bertz CT molecular complexity index is 457. The molecule has 1 aromatic carbocycles. The first-order chi connectivity index (χ1) is 8.28. The van der Waals surface area contributed by atoms with Crippen LogP contribution >= 0.6 is 0 Å². The Morgan fingerprint density at radius 2 is 1.94 bits per heavy atom. The van der Waals surface area contributed by atoms with Gasteiger partial charge in [-0.1, -0.05) is 36.8 Å². The molecule has 3 heteroatoms. The summed E-state index contributed by atoms with van der Waals surface area (Å²) < 4.78 is 1.98. The number of aryl methyl sites for hydroxylation is 1. The molecule has 2 aromatic rings. The molecule has 0 amide bonds. The van der Waals surface area contributed by atoms with Gasteiger partial charge in [0.25, 0.3) is 0 Å². The van der Waals surface area contributed by atoms with E-state index in [0.29, 0.717) is 0 Å². The fraction of sp³-hybridized carbons (Fsp3) is 0.357. The van der Waals surface area contributed by atoms with Crippen LogP contribution in [0.3, 0.4) is 0 Å². The van der Waals surface area contributed by atoms with Gasteiger partial charge in [0.2, 0.25) is 0 Å². The summed E-state index contributed by atoms with van der Waals surface area (Å²) >= 11 is 0. The summed E-state index contributed by atoms with van der Waals surface area (Å²) in [6, 6.07) is 10.6. The quantitative estimate of drug-likeness (QED) is 0.853. The van der Waals surface area contributed by atoms with Gasteiger partial charge in [0, 0.05) is 12.7 Å². The first kappa shape index (κ1) is 11.9. The van der Waals surface area contributed by atoms with Crippen molar-refractivity contribution in [1.82, 2.24) is 15.1 Å². The Morgan fingerprint density at radius 3 is 2.65 bits per heavy atom. The van der Waals surface area contributed by atoms with E-state index in [-0.39, 0.29) is 0 Å². The van der Waals surface area contributed by atoms with Crippen LogP contribution in [-0.4, -0.2) is 16.3 Å². The van der Waals surface area contributed by atoms with Crippen LogP contribution in [0.25, 0.3) is 0 Å². The molecule has 0 fully saturated rings. The Hall–Kier alpha value is -1.61. The molecule has 90 valence electrons. The maximum atomic E-state index is 4.52. The third-order valence-electron chi connectivity index (χ3n) is 2.72. The molecule has 0 radical (unpaired) electrons. The van der Waals surface area contributed by atoms with Gasteiger partial charge >= 0.3 is 0 Å². The van der Waals surface area contributed by atoms with E-state index in [2.05, 4.69) is 54.6 Å². The summed E-state index contributed by atoms with van der Waals surface area (Å²) in [7, 11) is 0. The maximum absolute atomic E-state index is 4.52. The molecule has 0 aliphatic rings. The lowest BCUT2D eigenvalue weighted by Crippen LogP contribution is -2.12. The monoisotopic (exact) mass is 229 g/mol. The van der Waals surface area contributed by atoms with Crippen molar-refractivity contribution in [2.75, 3.05) is 6.54 Å². The Labute approximate surface area is 102 Å². The molecule has 2 rings (SSSR count). The van der Waals surface area contributed by atoms with Crippen molar-refractivity contribution in [3.05, 3.63) is 53.3 Å². The molecule has 0 bridgehead atoms. The molecule has 0 saturated carbocycles. The van der Waals surface area contributed by atoms with Crippen molar-refractivity contribution in [1.29, 1.82) is 0 Å². The van der Waals surface area contributed by atoms with Gasteiger partial charge in [0.1, 0.15) is 0 Å². The molecule has 3 nitrogen and oxygen atoms in total. The molecule has 1 aromatic heterocycles. The molecule has 1 heterocycles. The number of benzene rings is 1. The topological polar surface area (TPSA) is 29.9 Å². The second kappa shape index (κ2) is 5.64. The van der Waals surface area contributed by atoms with Crippen molar-refractivity contribution in [2.24, 2.45) is 0 Å². The molecule has 0 aliphatic heterocycles. The zero-order chi connectivity index (χ0) is 12.1. The van der Waals surface area contributed by atoms with E-state index in [1.54, 1.807) is 0 Å². The lowest BCUT2D eigenvalue weighted by molar-refractivity contribution is 0.644. The van der Waals surface area contributed by atoms with Gasteiger partial charge in [-0.25, -0.2) is 0 Å². The van der Waals surface area contributed by atoms with Crippen LogP contribution in [0.5, 0.6) is 0 Å². The number of hydrogen-bond acceptors (Lipinski definition) is 2. The lowest BCUT2D eigenvalue weighted by atomic mass is 10.1. The first-order valence-corrected chi connectivity index (χ1v) is 6.06. The van der Waals surface area contributed by atoms with E-state index in [4.69, 9.17) is 0 Å². The van der Waals surface area contributed by atoms with Crippen LogP contribution in [-0.2, 0) is 13.1 Å². The summed E-state index contributed by atoms with van der Waals surface area (Å²) in [5.74, 6) is 0. The highest BCUT2D eigenvalue weighted by molar-refractivity contribution is 5.21. The van der Waals surface area contributed by atoms with E-state index in [9.17, 15) is 0 Å². The summed E-state index contributed by atoms with van der Waals surface area (Å²) in [6.45, 7) is 6.87. The van der Waals surface area contributed by atoms with Gasteiger partial charge in [0.05, 0.1) is 12.2 Å². The van der Waals surface area contributed by atoms with Gasteiger partial charge in [-0.2, -0.15) is 5.10 Å². The van der Waals surface area contributed by atoms with Crippen LogP contribution in [0.4, 0.5) is 0 Å². The number of hydrogen-bond donors (Lipinski definition) is 1. The van der Waals surface area contributed by atoms with E-state index in [0.717, 1.165) is 25.3 Å². The number of nitrogens with zero attached hydrogens (tertiary/aromatic N) is 2. The summed E-state index contributed by atoms with van der Waals surface area (Å²) in [4.78, 5) is 0. The van der Waals surface area contributed by atoms with Crippen LogP contribution in [0.2, 0.25) is 0 Å². The van der Waals surface area contributed by atoms with E-state index in [1.165, 1.54) is 11.1 Å². The zero-order valence-electron chi connectivity index (χ0n) is 10.5. The second-order valence-corrected chi connectivity index (χ2v) is 4.27. The predicted octanol–water partition coefficient (Wildman–Crippen LogP) is 2.35. The highest BCUT2D eigenvalue weighted by atomic mass is 15.3. The molecule has 0 saturated heterocycles. The van der Waals surface area contributed by atoms with E-state index < -0.39 is 0 Å². The summed E-state index contributed by atoms with van der Waals surface area (Å²) in [6.07, 6.45) is 2.03. The zero-order valence-corrected chi connectivity index (χ0v) is 10.5. The molecule has 0 spiro atoms. The van der Waals surface area contributed by atoms with Crippen LogP contribution in [0.15, 0.2) is 36.5 Å². The van der Waals surface area contributed by atoms with Crippen LogP contribution in [0, 0.1) is 6.92 Å². The molecule has 0 aliphatic carbocycles. The van der Waals surface area contributed by atoms with Crippen molar-refractivity contribution in [2.45, 2.75) is 26.9 Å². The number of nitrogens with one attached hydrogen (secondary N) is 1. The van der Waals surface area contributed by atoms with E-state index in [1.807, 2.05) is 10.9 Å². The Morgan fingerprint density at radius 1 is 1.18 bits per heavy atom. The summed E-state index contributed by atoms with van der Waals surface area (Å²) in [5.41, 5.74) is 3.68. The average Bonchev–Trinajstić information content (AvgIpc) is 2.77. The Balaban J connectivity index is 1.98. The molecular weight excluding hydrogens is 210 g/mol. The smallest absolute Gasteiger partial charge is 0.0762 e. The molecule has 0 atom stereocenters. The second-order valence-electron chi connectivity index (χ2n) is 4.27. The fourth-order valence-electron chi connectivity index (χ4n) is 1.72. The SMILES string of the molecule is CCNCc1ccn(Cc2ccc(C)cc2)n1. The average molecular weight is 229 g/mol. The molecule has 1 N–H and O–H groups in total. The van der Waals surface area contributed by atoms with Gasteiger partial charge in [-0.05, 0) is 25.1 Å². The van der Waals surface area contributed by atoms with Gasteiger partial charge < -0.3 is 5.32 Å². The minimum absolute atomic E-state index is 0.840. The number of rotatable bonds is 5. The Kier molecular flexibility index (Phi) is 3.94. The fourth-order valence-corrected chi connectivity index (χ4v) is 1.72. The molecule has 17 heavy (non-hydrogen) atoms. The predicted molar refractivity (Wildman–Crippen MR) is 69.9 cm³/mol. The third kappa shape index (κ3) is 3.43. The van der Waals surface area contributed by atoms with Crippen molar-refractivity contribution < 1.29 is 0 Å². The van der Waals surface area contributed by atoms with Gasteiger partial charge in [0.15, 0.2) is 0 Å². The largest absolute Gasteiger partial charge is 0.311 e. The molecular formula is C14H19N3. The van der Waals surface area contributed by atoms with Crippen molar-refractivity contribution >= 4 is 0 Å². The third-order valence-corrected chi connectivity index (χ3v) is 2.72. The van der Waals surface area contributed by atoms with Gasteiger partial charge in [-0.3, -0.25) is 4.68 Å². The minimum Gasteiger partial charge on any atom is -0.311 e. The first-order valence-electron chi connectivity index (χ1n) is 6.06. The van der Waals surface area contributed by atoms with Crippen molar-refractivity contribution in [3.63, 3.8) is 0 Å². The highest BCUT2D eigenvalue weighted by Crippen LogP contribution is 2.05.